The van der Waals surface area contributed by atoms with Crippen LogP contribution in [0.4, 0.5) is 0 Å². The van der Waals surface area contributed by atoms with Crippen LogP contribution in [0.5, 0.6) is 0 Å². The summed E-state index contributed by atoms with van der Waals surface area (Å²) in [4.78, 5) is 14.3. The summed E-state index contributed by atoms with van der Waals surface area (Å²) >= 11 is 0. The fourth-order valence-corrected chi connectivity index (χ4v) is 3.04. The molecule has 0 saturated carbocycles. The number of hydrogen-bond donors (Lipinski definition) is 1. The van der Waals surface area contributed by atoms with E-state index in [1.54, 1.807) is 0 Å². The number of carbonyl (C=O) groups excluding carboxylic acids is 1. The first kappa shape index (κ1) is 15.0. The summed E-state index contributed by atoms with van der Waals surface area (Å²) in [6.45, 7) is 3.99. The molecule has 0 spiro atoms. The lowest BCUT2D eigenvalue weighted by Crippen LogP contribution is -2.48. The number of nitrogens with two attached hydrogens (primary N) is 1. The lowest BCUT2D eigenvalue weighted by atomic mass is 9.92. The third-order valence-electron chi connectivity index (χ3n) is 4.24. The highest BCUT2D eigenvalue weighted by Gasteiger charge is 2.25. The molecule has 1 saturated heterocycles. The summed E-state index contributed by atoms with van der Waals surface area (Å²) in [5, 5.41) is 0. The van der Waals surface area contributed by atoms with Gasteiger partial charge in [0.1, 0.15) is 0 Å². The highest BCUT2D eigenvalue weighted by atomic mass is 16.2. The summed E-state index contributed by atoms with van der Waals surface area (Å²) < 4.78 is 0. The summed E-state index contributed by atoms with van der Waals surface area (Å²) in [5.41, 5.74) is 7.22. The molecule has 3 heteroatoms. The van der Waals surface area contributed by atoms with Crippen LogP contribution in [-0.2, 0) is 11.2 Å². The number of benzene rings is 1. The number of rotatable bonds is 5. The molecule has 1 aromatic rings. The molecule has 1 fully saturated rings. The third-order valence-corrected chi connectivity index (χ3v) is 4.24. The van der Waals surface area contributed by atoms with Crippen LogP contribution in [-0.4, -0.2) is 29.9 Å². The maximum Gasteiger partial charge on any atom is 0.239 e. The van der Waals surface area contributed by atoms with E-state index in [1.165, 1.54) is 12.8 Å². The van der Waals surface area contributed by atoms with E-state index in [0.29, 0.717) is 6.42 Å². The number of piperidine rings is 1. The molecule has 1 heterocycles. The largest absolute Gasteiger partial charge is 0.341 e. The lowest BCUT2D eigenvalue weighted by molar-refractivity contribution is -0.134. The number of carbonyl (C=O) groups is 1. The van der Waals surface area contributed by atoms with Gasteiger partial charge >= 0.3 is 0 Å². The zero-order valence-corrected chi connectivity index (χ0v) is 12.4. The van der Waals surface area contributed by atoms with Crippen molar-refractivity contribution in [3.8, 4) is 0 Å². The second-order valence-corrected chi connectivity index (χ2v) is 5.85. The van der Waals surface area contributed by atoms with Crippen molar-refractivity contribution in [2.45, 2.75) is 45.1 Å². The summed E-state index contributed by atoms with van der Waals surface area (Å²) in [7, 11) is 0. The van der Waals surface area contributed by atoms with Gasteiger partial charge in [-0.25, -0.2) is 0 Å². The van der Waals surface area contributed by atoms with E-state index in [-0.39, 0.29) is 5.91 Å². The quantitative estimate of drug-likeness (QED) is 0.897. The van der Waals surface area contributed by atoms with Gasteiger partial charge in [-0.2, -0.15) is 0 Å². The maximum atomic E-state index is 12.4. The SMILES string of the molecule is CCCC1CCN(C(=O)C(N)Cc2ccccc2)CC1. The molecular formula is C17H26N2O. The van der Waals surface area contributed by atoms with E-state index in [0.717, 1.165) is 37.4 Å². The topological polar surface area (TPSA) is 46.3 Å². The van der Waals surface area contributed by atoms with E-state index in [9.17, 15) is 4.79 Å². The summed E-state index contributed by atoms with van der Waals surface area (Å²) in [5.74, 6) is 0.915. The molecule has 1 aliphatic rings. The van der Waals surface area contributed by atoms with Crippen LogP contribution in [0.3, 0.4) is 0 Å². The summed E-state index contributed by atoms with van der Waals surface area (Å²) in [6, 6.07) is 9.61. The fourth-order valence-electron chi connectivity index (χ4n) is 3.04. The van der Waals surface area contributed by atoms with Crippen LogP contribution in [0.15, 0.2) is 30.3 Å². The van der Waals surface area contributed by atoms with Gasteiger partial charge in [0, 0.05) is 13.1 Å². The molecule has 2 N–H and O–H groups in total. The van der Waals surface area contributed by atoms with Gasteiger partial charge in [0.15, 0.2) is 0 Å². The van der Waals surface area contributed by atoms with Crippen LogP contribution >= 0.6 is 0 Å². The van der Waals surface area contributed by atoms with Crippen LogP contribution in [0.25, 0.3) is 0 Å². The maximum absolute atomic E-state index is 12.4. The minimum Gasteiger partial charge on any atom is -0.341 e. The normalized spacial score (nSPS) is 18.0. The molecule has 1 unspecified atom stereocenters. The zero-order valence-electron chi connectivity index (χ0n) is 12.4. The van der Waals surface area contributed by atoms with Gasteiger partial charge in [0.25, 0.3) is 0 Å². The second kappa shape index (κ2) is 7.44. The first-order valence-corrected chi connectivity index (χ1v) is 7.79. The van der Waals surface area contributed by atoms with E-state index in [1.807, 2.05) is 35.2 Å². The Morgan fingerprint density at radius 3 is 2.55 bits per heavy atom. The van der Waals surface area contributed by atoms with Crippen molar-refractivity contribution in [1.29, 1.82) is 0 Å². The number of nitrogens with zero attached hydrogens (tertiary/aromatic N) is 1. The number of amides is 1. The molecule has 20 heavy (non-hydrogen) atoms. The average Bonchev–Trinajstić information content (AvgIpc) is 2.48. The molecule has 0 bridgehead atoms. The van der Waals surface area contributed by atoms with E-state index < -0.39 is 6.04 Å². The van der Waals surface area contributed by atoms with Crippen molar-refractivity contribution in [1.82, 2.24) is 4.90 Å². The van der Waals surface area contributed by atoms with Crippen molar-refractivity contribution >= 4 is 5.91 Å². The Morgan fingerprint density at radius 2 is 1.95 bits per heavy atom. The Balaban J connectivity index is 1.82. The predicted molar refractivity (Wildman–Crippen MR) is 82.3 cm³/mol. The van der Waals surface area contributed by atoms with Crippen molar-refractivity contribution in [2.24, 2.45) is 11.7 Å². The highest BCUT2D eigenvalue weighted by Crippen LogP contribution is 2.22. The molecule has 110 valence electrons. The monoisotopic (exact) mass is 274 g/mol. The Hall–Kier alpha value is -1.35. The Kier molecular flexibility index (Phi) is 5.60. The van der Waals surface area contributed by atoms with E-state index >= 15 is 0 Å². The lowest BCUT2D eigenvalue weighted by Gasteiger charge is -2.33. The second-order valence-electron chi connectivity index (χ2n) is 5.85. The number of hydrogen-bond acceptors (Lipinski definition) is 2. The van der Waals surface area contributed by atoms with Crippen LogP contribution in [0.1, 0.15) is 38.2 Å². The molecule has 0 aliphatic carbocycles. The Labute approximate surface area is 122 Å². The standard InChI is InChI=1S/C17H26N2O/c1-2-6-14-9-11-19(12-10-14)17(20)16(18)13-15-7-4-3-5-8-15/h3-5,7-8,14,16H,2,6,9-13,18H2,1H3. The van der Waals surface area contributed by atoms with Crippen molar-refractivity contribution in [3.63, 3.8) is 0 Å². The van der Waals surface area contributed by atoms with Gasteiger partial charge in [-0.1, -0.05) is 50.1 Å². The van der Waals surface area contributed by atoms with E-state index in [4.69, 9.17) is 5.73 Å². The fraction of sp³-hybridized carbons (Fsp3) is 0.588. The van der Waals surface area contributed by atoms with Crippen LogP contribution in [0.2, 0.25) is 0 Å². The minimum absolute atomic E-state index is 0.115. The smallest absolute Gasteiger partial charge is 0.239 e. The van der Waals surface area contributed by atoms with Gasteiger partial charge in [-0.3, -0.25) is 4.79 Å². The van der Waals surface area contributed by atoms with Gasteiger partial charge in [0.2, 0.25) is 5.91 Å². The summed E-state index contributed by atoms with van der Waals surface area (Å²) in [6.07, 6.45) is 5.44. The van der Waals surface area contributed by atoms with Crippen molar-refractivity contribution in [3.05, 3.63) is 35.9 Å². The predicted octanol–water partition coefficient (Wildman–Crippen LogP) is 2.60. The van der Waals surface area contributed by atoms with Crippen LogP contribution in [0, 0.1) is 5.92 Å². The van der Waals surface area contributed by atoms with Gasteiger partial charge in [-0.05, 0) is 30.7 Å². The molecule has 1 aromatic carbocycles. The first-order chi connectivity index (χ1) is 9.70. The average molecular weight is 274 g/mol. The number of likely N-dealkylation sites (tertiary alicyclic amines) is 1. The Bertz CT molecular complexity index is 410. The van der Waals surface area contributed by atoms with Crippen molar-refractivity contribution in [2.75, 3.05) is 13.1 Å². The highest BCUT2D eigenvalue weighted by molar-refractivity contribution is 5.82. The Morgan fingerprint density at radius 1 is 1.30 bits per heavy atom. The zero-order chi connectivity index (χ0) is 14.4. The van der Waals surface area contributed by atoms with Gasteiger partial charge in [-0.15, -0.1) is 0 Å². The molecule has 1 atom stereocenters. The van der Waals surface area contributed by atoms with E-state index in [2.05, 4.69) is 6.92 Å². The van der Waals surface area contributed by atoms with Gasteiger partial charge in [0.05, 0.1) is 6.04 Å². The third kappa shape index (κ3) is 4.07. The van der Waals surface area contributed by atoms with Gasteiger partial charge < -0.3 is 10.6 Å². The molecule has 0 radical (unpaired) electrons. The first-order valence-electron chi connectivity index (χ1n) is 7.79. The van der Waals surface area contributed by atoms with Crippen molar-refractivity contribution < 1.29 is 4.79 Å². The molecule has 0 aromatic heterocycles. The minimum atomic E-state index is -0.403. The molecule has 3 nitrogen and oxygen atoms in total. The molecule has 1 amide bonds. The molecule has 2 rings (SSSR count). The molecular weight excluding hydrogens is 248 g/mol. The molecule has 1 aliphatic heterocycles. The van der Waals surface area contributed by atoms with Crippen LogP contribution < -0.4 is 5.73 Å².